The van der Waals surface area contributed by atoms with Crippen LogP contribution in [0.25, 0.3) is 0 Å². The van der Waals surface area contributed by atoms with Crippen LogP contribution in [-0.4, -0.2) is 14.2 Å². The van der Waals surface area contributed by atoms with Crippen molar-refractivity contribution < 1.29 is 8.42 Å². The molecule has 1 N–H and O–H groups in total. The number of nitrogens with one attached hydrogen (secondary N) is 1. The second-order valence-corrected chi connectivity index (χ2v) is 8.80. The maximum absolute atomic E-state index is 11.9. The Morgan fingerprint density at radius 1 is 1.33 bits per heavy atom. The highest BCUT2D eigenvalue weighted by atomic mass is 127. The summed E-state index contributed by atoms with van der Waals surface area (Å²) in [5, 5.41) is 0.594. The van der Waals surface area contributed by atoms with Gasteiger partial charge in [0.15, 0.2) is 0 Å². The van der Waals surface area contributed by atoms with Gasteiger partial charge in [-0.05, 0) is 52.6 Å². The molecule has 0 aliphatic heterocycles. The quantitative estimate of drug-likeness (QED) is 0.771. The summed E-state index contributed by atoms with van der Waals surface area (Å²) in [4.78, 5) is 0. The van der Waals surface area contributed by atoms with E-state index < -0.39 is 10.0 Å². The zero-order valence-electron chi connectivity index (χ0n) is 10.6. The molecule has 6 heteroatoms. The van der Waals surface area contributed by atoms with Crippen molar-refractivity contribution >= 4 is 49.9 Å². The van der Waals surface area contributed by atoms with E-state index in [0.29, 0.717) is 17.1 Å². The van der Waals surface area contributed by atoms with Crippen LogP contribution in [0.2, 0.25) is 5.02 Å². The molecule has 0 aromatic heterocycles. The average Bonchev–Trinajstić information content (AvgIpc) is 2.19. The van der Waals surface area contributed by atoms with Gasteiger partial charge in [-0.25, -0.2) is 8.42 Å². The van der Waals surface area contributed by atoms with Gasteiger partial charge in [0.2, 0.25) is 10.0 Å². The van der Waals surface area contributed by atoms with E-state index in [1.807, 2.05) is 20.8 Å². The van der Waals surface area contributed by atoms with Gasteiger partial charge < -0.3 is 0 Å². The Hall–Kier alpha value is -0.0100. The molecule has 0 saturated carbocycles. The van der Waals surface area contributed by atoms with Crippen LogP contribution in [0.1, 0.15) is 27.2 Å². The van der Waals surface area contributed by atoms with Gasteiger partial charge in [-0.2, -0.15) is 0 Å². The van der Waals surface area contributed by atoms with E-state index in [1.165, 1.54) is 0 Å². The summed E-state index contributed by atoms with van der Waals surface area (Å²) in [6, 6.07) is 5.08. The zero-order valence-corrected chi connectivity index (χ0v) is 14.4. The molecule has 0 fully saturated rings. The molecular formula is C12H17ClINO2S. The fourth-order valence-electron chi connectivity index (χ4n) is 1.23. The maximum Gasteiger partial charge on any atom is 0.232 e. The van der Waals surface area contributed by atoms with Crippen LogP contribution in [0.5, 0.6) is 0 Å². The van der Waals surface area contributed by atoms with Crippen LogP contribution >= 0.6 is 34.2 Å². The van der Waals surface area contributed by atoms with Gasteiger partial charge in [0.05, 0.1) is 11.4 Å². The van der Waals surface area contributed by atoms with E-state index in [-0.39, 0.29) is 11.2 Å². The molecule has 0 aliphatic rings. The average molecular weight is 402 g/mol. The Balaban J connectivity index is 2.77. The summed E-state index contributed by atoms with van der Waals surface area (Å²) in [7, 11) is -3.30. The van der Waals surface area contributed by atoms with Gasteiger partial charge in [-0.15, -0.1) is 0 Å². The van der Waals surface area contributed by atoms with E-state index in [9.17, 15) is 8.42 Å². The predicted octanol–water partition coefficient (Wildman–Crippen LogP) is 4.12. The smallest absolute Gasteiger partial charge is 0.232 e. The first-order chi connectivity index (χ1) is 8.09. The van der Waals surface area contributed by atoms with Gasteiger partial charge in [0.1, 0.15) is 0 Å². The molecule has 18 heavy (non-hydrogen) atoms. The molecule has 0 saturated heterocycles. The second kappa shape index (κ2) is 5.96. The van der Waals surface area contributed by atoms with E-state index in [4.69, 9.17) is 11.6 Å². The van der Waals surface area contributed by atoms with Crippen molar-refractivity contribution in [2.45, 2.75) is 27.2 Å². The third-order valence-corrected chi connectivity index (χ3v) is 4.72. The van der Waals surface area contributed by atoms with E-state index in [0.717, 1.165) is 3.57 Å². The molecule has 1 rings (SSSR count). The lowest BCUT2D eigenvalue weighted by Gasteiger charge is -2.18. The van der Waals surface area contributed by atoms with Gasteiger partial charge >= 0.3 is 0 Å². The third-order valence-electron chi connectivity index (χ3n) is 2.32. The van der Waals surface area contributed by atoms with Crippen LogP contribution in [0.15, 0.2) is 18.2 Å². The molecule has 1 aromatic carbocycles. The minimum Gasteiger partial charge on any atom is -0.282 e. The highest BCUT2D eigenvalue weighted by Crippen LogP contribution is 2.24. The van der Waals surface area contributed by atoms with Gasteiger partial charge in [0, 0.05) is 8.59 Å². The lowest BCUT2D eigenvalue weighted by atomic mass is 9.94. The lowest BCUT2D eigenvalue weighted by Crippen LogP contribution is -2.21. The van der Waals surface area contributed by atoms with Crippen LogP contribution < -0.4 is 4.72 Å². The van der Waals surface area contributed by atoms with Gasteiger partial charge in [-0.1, -0.05) is 32.4 Å². The molecule has 102 valence electrons. The summed E-state index contributed by atoms with van der Waals surface area (Å²) in [6.07, 6.45) is 0.618. The Morgan fingerprint density at radius 3 is 2.44 bits per heavy atom. The molecule has 0 amide bonds. The van der Waals surface area contributed by atoms with Crippen molar-refractivity contribution in [1.82, 2.24) is 0 Å². The third kappa shape index (κ3) is 5.75. The maximum atomic E-state index is 11.9. The standard InChI is InChI=1S/C12H17ClINO2S/c1-12(2,3)6-7-18(16,17)15-11-5-4-9(13)8-10(11)14/h4-5,8,15H,6-7H2,1-3H3. The Morgan fingerprint density at radius 2 is 1.94 bits per heavy atom. The molecule has 0 aliphatic carbocycles. The van der Waals surface area contributed by atoms with Crippen LogP contribution in [0, 0.1) is 8.99 Å². The van der Waals surface area contributed by atoms with Crippen molar-refractivity contribution in [2.75, 3.05) is 10.5 Å². The normalized spacial score (nSPS) is 12.5. The molecule has 0 spiro atoms. The van der Waals surface area contributed by atoms with Crippen LogP contribution in [-0.2, 0) is 10.0 Å². The molecular weight excluding hydrogens is 385 g/mol. The van der Waals surface area contributed by atoms with E-state index in [1.54, 1.807) is 18.2 Å². The first-order valence-corrected chi connectivity index (χ1v) is 8.65. The monoisotopic (exact) mass is 401 g/mol. The lowest BCUT2D eigenvalue weighted by molar-refractivity contribution is 0.397. The van der Waals surface area contributed by atoms with Crippen molar-refractivity contribution in [3.63, 3.8) is 0 Å². The number of halogens is 2. The Labute approximate surface area is 127 Å². The largest absolute Gasteiger partial charge is 0.282 e. The minimum absolute atomic E-state index is 0.00189. The van der Waals surface area contributed by atoms with Gasteiger partial charge in [-0.3, -0.25) is 4.72 Å². The molecule has 0 atom stereocenters. The fraction of sp³-hybridized carbons (Fsp3) is 0.500. The SMILES string of the molecule is CC(C)(C)CCS(=O)(=O)Nc1ccc(Cl)cc1I. The van der Waals surface area contributed by atoms with Crippen molar-refractivity contribution in [3.05, 3.63) is 26.8 Å². The van der Waals surface area contributed by atoms with E-state index >= 15 is 0 Å². The fourth-order valence-corrected chi connectivity index (χ4v) is 3.92. The highest BCUT2D eigenvalue weighted by molar-refractivity contribution is 14.1. The first kappa shape index (κ1) is 16.0. The molecule has 0 unspecified atom stereocenters. The van der Waals surface area contributed by atoms with Crippen molar-refractivity contribution in [2.24, 2.45) is 5.41 Å². The first-order valence-electron chi connectivity index (χ1n) is 5.55. The van der Waals surface area contributed by atoms with Gasteiger partial charge in [0.25, 0.3) is 0 Å². The molecule has 1 aromatic rings. The predicted molar refractivity (Wildman–Crippen MR) is 85.7 cm³/mol. The Bertz CT molecular complexity index is 523. The number of sulfonamides is 1. The zero-order chi connectivity index (χ0) is 14.0. The summed E-state index contributed by atoms with van der Waals surface area (Å²) in [5.41, 5.74) is 0.580. The summed E-state index contributed by atoms with van der Waals surface area (Å²) >= 11 is 7.89. The summed E-state index contributed by atoms with van der Waals surface area (Å²) < 4.78 is 27.3. The highest BCUT2D eigenvalue weighted by Gasteiger charge is 2.18. The topological polar surface area (TPSA) is 46.2 Å². The molecule has 3 nitrogen and oxygen atoms in total. The number of anilines is 1. The number of hydrogen-bond acceptors (Lipinski definition) is 2. The summed E-state index contributed by atoms with van der Waals surface area (Å²) in [5.74, 6) is 0.120. The molecule has 0 bridgehead atoms. The number of rotatable bonds is 4. The molecule has 0 radical (unpaired) electrons. The minimum atomic E-state index is -3.30. The summed E-state index contributed by atoms with van der Waals surface area (Å²) in [6.45, 7) is 6.07. The van der Waals surface area contributed by atoms with Crippen LogP contribution in [0.4, 0.5) is 5.69 Å². The van der Waals surface area contributed by atoms with Crippen molar-refractivity contribution in [1.29, 1.82) is 0 Å². The van der Waals surface area contributed by atoms with Crippen LogP contribution in [0.3, 0.4) is 0 Å². The van der Waals surface area contributed by atoms with Crippen molar-refractivity contribution in [3.8, 4) is 0 Å². The second-order valence-electron chi connectivity index (χ2n) is 5.36. The number of benzene rings is 1. The molecule has 0 heterocycles. The van der Waals surface area contributed by atoms with E-state index in [2.05, 4.69) is 27.3 Å². The Kier molecular flexibility index (Phi) is 5.32. The number of hydrogen-bond donors (Lipinski definition) is 1.